The summed E-state index contributed by atoms with van der Waals surface area (Å²) in [6.07, 6.45) is 91.2. The van der Waals surface area contributed by atoms with E-state index in [1.807, 2.05) is 0 Å². The van der Waals surface area contributed by atoms with E-state index >= 15 is 0 Å². The first kappa shape index (κ1) is 72.3. The Balaban J connectivity index is 4.48. The molecule has 1 atom stereocenters. The zero-order chi connectivity index (χ0) is 55.7. The fourth-order valence-corrected chi connectivity index (χ4v) is 8.24. The molecule has 0 radical (unpaired) electrons. The molecular weight excluding hydrogens is 949 g/mol. The van der Waals surface area contributed by atoms with Crippen molar-refractivity contribution in [3.63, 3.8) is 0 Å². The van der Waals surface area contributed by atoms with Gasteiger partial charge in [0.05, 0.1) is 0 Å². The van der Waals surface area contributed by atoms with Crippen LogP contribution in [-0.2, 0) is 28.6 Å². The number of esters is 3. The van der Waals surface area contributed by atoms with Gasteiger partial charge in [-0.05, 0) is 135 Å². The van der Waals surface area contributed by atoms with Crippen LogP contribution >= 0.6 is 0 Å². The van der Waals surface area contributed by atoms with E-state index in [2.05, 4.69) is 167 Å². The van der Waals surface area contributed by atoms with Gasteiger partial charge in [-0.1, -0.05) is 256 Å². The number of hydrogen-bond acceptors (Lipinski definition) is 6. The molecule has 6 nitrogen and oxygen atoms in total. The topological polar surface area (TPSA) is 78.9 Å². The number of rotatable bonds is 55. The van der Waals surface area contributed by atoms with Crippen molar-refractivity contribution in [2.24, 2.45) is 0 Å². The highest BCUT2D eigenvalue weighted by Gasteiger charge is 2.19. The number of ether oxygens (including phenoxy) is 3. The maximum Gasteiger partial charge on any atom is 0.306 e. The molecule has 0 fully saturated rings. The molecular formula is C71H114O6. The molecule has 77 heavy (non-hydrogen) atoms. The third kappa shape index (κ3) is 62.0. The molecule has 0 aliphatic carbocycles. The largest absolute Gasteiger partial charge is 0.462 e. The van der Waals surface area contributed by atoms with E-state index in [0.29, 0.717) is 19.3 Å². The van der Waals surface area contributed by atoms with Gasteiger partial charge in [0.15, 0.2) is 6.10 Å². The van der Waals surface area contributed by atoms with Gasteiger partial charge < -0.3 is 14.2 Å². The van der Waals surface area contributed by atoms with Crippen LogP contribution in [0.25, 0.3) is 0 Å². The Labute approximate surface area is 474 Å². The third-order valence-corrected chi connectivity index (χ3v) is 12.8. The second kappa shape index (κ2) is 63.8. The summed E-state index contributed by atoms with van der Waals surface area (Å²) in [5.74, 6) is -0.935. The number of allylic oxidation sites excluding steroid dienone is 24. The van der Waals surface area contributed by atoms with E-state index in [9.17, 15) is 14.4 Å². The summed E-state index contributed by atoms with van der Waals surface area (Å²) < 4.78 is 16.9. The van der Waals surface area contributed by atoms with Gasteiger partial charge in [0.2, 0.25) is 0 Å². The van der Waals surface area contributed by atoms with Crippen molar-refractivity contribution >= 4 is 17.9 Å². The Bertz CT molecular complexity index is 1700. The van der Waals surface area contributed by atoms with Gasteiger partial charge in [-0.15, -0.1) is 0 Å². The van der Waals surface area contributed by atoms with Crippen LogP contribution in [0, 0.1) is 0 Å². The molecule has 0 saturated carbocycles. The van der Waals surface area contributed by atoms with E-state index in [1.54, 1.807) is 0 Å². The quantitative estimate of drug-likeness (QED) is 0.0261. The second-order valence-electron chi connectivity index (χ2n) is 20.2. The highest BCUT2D eigenvalue weighted by atomic mass is 16.6. The average molecular weight is 1060 g/mol. The Morgan fingerprint density at radius 1 is 0.260 bits per heavy atom. The van der Waals surface area contributed by atoms with Gasteiger partial charge in [-0.25, -0.2) is 0 Å². The van der Waals surface area contributed by atoms with E-state index in [-0.39, 0.29) is 31.1 Å². The highest BCUT2D eigenvalue weighted by molar-refractivity contribution is 5.71. The van der Waals surface area contributed by atoms with Crippen LogP contribution in [0.2, 0.25) is 0 Å². The van der Waals surface area contributed by atoms with Crippen LogP contribution < -0.4 is 0 Å². The van der Waals surface area contributed by atoms with E-state index in [4.69, 9.17) is 14.2 Å². The Morgan fingerprint density at radius 3 is 0.727 bits per heavy atom. The summed E-state index contributed by atoms with van der Waals surface area (Å²) in [4.78, 5) is 38.4. The van der Waals surface area contributed by atoms with Gasteiger partial charge in [0, 0.05) is 19.3 Å². The molecule has 0 spiro atoms. The summed E-state index contributed by atoms with van der Waals surface area (Å²) in [5, 5.41) is 0. The summed E-state index contributed by atoms with van der Waals surface area (Å²) in [6.45, 7) is 6.28. The van der Waals surface area contributed by atoms with Crippen molar-refractivity contribution in [3.05, 3.63) is 146 Å². The van der Waals surface area contributed by atoms with Gasteiger partial charge in [0.25, 0.3) is 0 Å². The second-order valence-corrected chi connectivity index (χ2v) is 20.2. The molecule has 0 bridgehead atoms. The van der Waals surface area contributed by atoms with Crippen molar-refractivity contribution in [1.29, 1.82) is 0 Å². The minimum Gasteiger partial charge on any atom is -0.462 e. The van der Waals surface area contributed by atoms with Crippen LogP contribution in [0.1, 0.15) is 265 Å². The molecule has 0 N–H and O–H groups in total. The van der Waals surface area contributed by atoms with Gasteiger partial charge in [0.1, 0.15) is 13.2 Å². The summed E-state index contributed by atoms with van der Waals surface area (Å²) in [7, 11) is 0. The Hall–Kier alpha value is -4.71. The smallest absolute Gasteiger partial charge is 0.306 e. The first-order valence-corrected chi connectivity index (χ1v) is 31.3. The molecule has 0 amide bonds. The Morgan fingerprint density at radius 2 is 0.468 bits per heavy atom. The molecule has 434 valence electrons. The van der Waals surface area contributed by atoms with E-state index in [1.165, 1.54) is 57.8 Å². The normalized spacial score (nSPS) is 13.1. The van der Waals surface area contributed by atoms with E-state index < -0.39 is 6.10 Å². The highest BCUT2D eigenvalue weighted by Crippen LogP contribution is 2.15. The minimum absolute atomic E-state index is 0.0982. The first-order chi connectivity index (χ1) is 38.0. The lowest BCUT2D eigenvalue weighted by atomic mass is 10.1. The molecule has 0 aromatic carbocycles. The SMILES string of the molecule is CC/C=C\C/C=C\C/C=C\C/C=C\C/C=C\CCCCCCCC(=O)OCC(COC(=O)CCCCCCCCC/C=C\C/C=C\C/C=C\CC)OC(=O)CCCCCCCCCC/C=C\C/C=C\C/C=C\C/C=C\CC. The molecule has 0 aromatic heterocycles. The molecule has 0 saturated heterocycles. The molecule has 0 rings (SSSR count). The average Bonchev–Trinajstić information content (AvgIpc) is 3.43. The first-order valence-electron chi connectivity index (χ1n) is 31.3. The van der Waals surface area contributed by atoms with Crippen molar-refractivity contribution in [3.8, 4) is 0 Å². The summed E-state index contributed by atoms with van der Waals surface area (Å²) in [5.41, 5.74) is 0. The number of carbonyl (C=O) groups excluding carboxylic acids is 3. The maximum atomic E-state index is 12.9. The van der Waals surface area contributed by atoms with Crippen LogP contribution in [0.5, 0.6) is 0 Å². The summed E-state index contributed by atoms with van der Waals surface area (Å²) >= 11 is 0. The molecule has 0 heterocycles. The molecule has 0 aromatic rings. The summed E-state index contributed by atoms with van der Waals surface area (Å²) in [6, 6.07) is 0. The molecule has 6 heteroatoms. The fourth-order valence-electron chi connectivity index (χ4n) is 8.24. The molecule has 1 unspecified atom stereocenters. The Kier molecular flexibility index (Phi) is 59.9. The van der Waals surface area contributed by atoms with Crippen molar-refractivity contribution < 1.29 is 28.6 Å². The zero-order valence-corrected chi connectivity index (χ0v) is 49.7. The van der Waals surface area contributed by atoms with Crippen LogP contribution in [0.3, 0.4) is 0 Å². The van der Waals surface area contributed by atoms with Gasteiger partial charge >= 0.3 is 17.9 Å². The monoisotopic (exact) mass is 1060 g/mol. The van der Waals surface area contributed by atoms with Gasteiger partial charge in [-0.3, -0.25) is 14.4 Å². The lowest BCUT2D eigenvalue weighted by molar-refractivity contribution is -0.167. The van der Waals surface area contributed by atoms with Crippen LogP contribution in [-0.4, -0.2) is 37.2 Å². The zero-order valence-electron chi connectivity index (χ0n) is 49.7. The van der Waals surface area contributed by atoms with Crippen LogP contribution in [0.15, 0.2) is 146 Å². The van der Waals surface area contributed by atoms with Gasteiger partial charge in [-0.2, -0.15) is 0 Å². The fraction of sp³-hybridized carbons (Fsp3) is 0.620. The molecule has 0 aliphatic rings. The maximum absolute atomic E-state index is 12.9. The number of unbranched alkanes of at least 4 members (excludes halogenated alkanes) is 20. The lowest BCUT2D eigenvalue weighted by Crippen LogP contribution is -2.30. The third-order valence-electron chi connectivity index (χ3n) is 12.8. The lowest BCUT2D eigenvalue weighted by Gasteiger charge is -2.18. The van der Waals surface area contributed by atoms with Crippen LogP contribution in [0.4, 0.5) is 0 Å². The number of carbonyl (C=O) groups is 3. The predicted molar refractivity (Wildman–Crippen MR) is 334 cm³/mol. The predicted octanol–water partition coefficient (Wildman–Crippen LogP) is 21.5. The van der Waals surface area contributed by atoms with E-state index in [0.717, 1.165) is 167 Å². The molecule has 0 aliphatic heterocycles. The minimum atomic E-state index is -0.803. The number of hydrogen-bond donors (Lipinski definition) is 0. The van der Waals surface area contributed by atoms with Crippen molar-refractivity contribution in [2.45, 2.75) is 271 Å². The standard InChI is InChI=1S/C71H114O6/c1-4-7-10-13-16-19-22-25-28-31-33-35-37-40-43-46-49-52-55-58-61-64-70(73)76-67-68(66-75-69(72)63-60-57-54-51-48-45-42-39-30-27-24-21-18-15-12-9-6-3)77-71(74)65-62-59-56-53-50-47-44-41-38-36-34-32-29-26-23-20-17-14-11-8-5-2/h7-12,16-21,25-30,33-36,40,43,68H,4-6,13-15,22-24,31-32,37-39,41-42,44-67H2,1-3H3/b10-7-,11-8-,12-9-,19-16-,20-17-,21-18-,28-25-,29-26-,30-27-,35-33-,36-34-,43-40-. The van der Waals surface area contributed by atoms with Crippen molar-refractivity contribution in [2.75, 3.05) is 13.2 Å². The van der Waals surface area contributed by atoms with Crippen molar-refractivity contribution in [1.82, 2.24) is 0 Å².